The van der Waals surface area contributed by atoms with Crippen LogP contribution in [-0.4, -0.2) is 31.3 Å². The van der Waals surface area contributed by atoms with Gasteiger partial charge in [0.25, 0.3) is 0 Å². The topological polar surface area (TPSA) is 57.7 Å². The molecule has 20 heavy (non-hydrogen) atoms. The molecule has 0 bridgehead atoms. The Labute approximate surface area is 120 Å². The molecule has 0 atom stereocenters. The number of hydrogen-bond acceptors (Lipinski definition) is 6. The summed E-state index contributed by atoms with van der Waals surface area (Å²) in [5.41, 5.74) is 1.21. The summed E-state index contributed by atoms with van der Waals surface area (Å²) < 4.78 is 15.8. The molecule has 5 nitrogen and oxygen atoms in total. The van der Waals surface area contributed by atoms with Gasteiger partial charge in [-0.1, -0.05) is 0 Å². The Morgan fingerprint density at radius 2 is 2.05 bits per heavy atom. The highest BCUT2D eigenvalue weighted by molar-refractivity contribution is 7.15. The smallest absolute Gasteiger partial charge is 0.358 e. The lowest BCUT2D eigenvalue weighted by Gasteiger charge is -2.18. The van der Waals surface area contributed by atoms with E-state index < -0.39 is 5.97 Å². The predicted molar refractivity (Wildman–Crippen MR) is 74.6 cm³/mol. The van der Waals surface area contributed by atoms with Gasteiger partial charge < -0.3 is 14.2 Å². The molecule has 1 aliphatic heterocycles. The average Bonchev–Trinajstić information content (AvgIpc) is 2.88. The predicted octanol–water partition coefficient (Wildman–Crippen LogP) is 2.68. The number of rotatable bonds is 2. The van der Waals surface area contributed by atoms with Crippen LogP contribution in [0.4, 0.5) is 0 Å². The molecule has 0 unspecified atom stereocenters. The Bertz CT molecular complexity index is 665. The molecule has 6 heteroatoms. The van der Waals surface area contributed by atoms with E-state index in [1.54, 1.807) is 0 Å². The molecule has 0 fully saturated rings. The molecular formula is C14H13NO4S. The number of ether oxygens (including phenoxy) is 3. The summed E-state index contributed by atoms with van der Waals surface area (Å²) >= 11 is 1.45. The summed E-state index contributed by atoms with van der Waals surface area (Å²) in [6.07, 6.45) is 0. The van der Waals surface area contributed by atoms with Gasteiger partial charge in [-0.15, -0.1) is 11.3 Å². The first kappa shape index (κ1) is 12.9. The molecule has 0 spiro atoms. The van der Waals surface area contributed by atoms with Crippen LogP contribution in [0.2, 0.25) is 0 Å². The van der Waals surface area contributed by atoms with Gasteiger partial charge in [-0.3, -0.25) is 0 Å². The molecule has 0 radical (unpaired) electrons. The maximum absolute atomic E-state index is 11.8. The summed E-state index contributed by atoms with van der Waals surface area (Å²) in [6.45, 7) is 2.94. The summed E-state index contributed by atoms with van der Waals surface area (Å²) in [7, 11) is 1.35. The van der Waals surface area contributed by atoms with Gasteiger partial charge >= 0.3 is 5.97 Å². The Morgan fingerprint density at radius 1 is 1.30 bits per heavy atom. The largest absolute Gasteiger partial charge is 0.486 e. The van der Waals surface area contributed by atoms with Crippen molar-refractivity contribution in [2.75, 3.05) is 20.3 Å². The minimum Gasteiger partial charge on any atom is -0.486 e. The fourth-order valence-corrected chi connectivity index (χ4v) is 2.95. The first-order valence-corrected chi connectivity index (χ1v) is 6.96. The fraction of sp³-hybridized carbons (Fsp3) is 0.286. The number of thiazole rings is 1. The van der Waals surface area contributed by atoms with Crippen LogP contribution in [0.15, 0.2) is 18.2 Å². The van der Waals surface area contributed by atoms with Crippen LogP contribution >= 0.6 is 11.3 Å². The van der Waals surface area contributed by atoms with Gasteiger partial charge in [-0.05, 0) is 30.7 Å². The number of hydrogen-bond donors (Lipinski definition) is 0. The van der Waals surface area contributed by atoms with Gasteiger partial charge in [0.2, 0.25) is 0 Å². The van der Waals surface area contributed by atoms with Gasteiger partial charge in [-0.25, -0.2) is 9.78 Å². The van der Waals surface area contributed by atoms with Crippen molar-refractivity contribution in [1.82, 2.24) is 4.98 Å². The van der Waals surface area contributed by atoms with Crippen LogP contribution in [0.25, 0.3) is 10.4 Å². The third-order valence-corrected chi connectivity index (χ3v) is 3.94. The summed E-state index contributed by atoms with van der Waals surface area (Å²) in [6, 6.07) is 5.61. The molecule has 0 amide bonds. The van der Waals surface area contributed by atoms with E-state index in [-0.39, 0.29) is 0 Å². The highest BCUT2D eigenvalue weighted by Gasteiger charge is 2.21. The van der Waals surface area contributed by atoms with Crippen molar-refractivity contribution < 1.29 is 19.0 Å². The van der Waals surface area contributed by atoms with Crippen molar-refractivity contribution in [3.63, 3.8) is 0 Å². The molecule has 0 saturated heterocycles. The number of carbonyl (C=O) groups is 1. The molecule has 2 aromatic rings. The number of carbonyl (C=O) groups excluding carboxylic acids is 1. The van der Waals surface area contributed by atoms with E-state index in [1.807, 2.05) is 25.1 Å². The van der Waals surface area contributed by atoms with Crippen molar-refractivity contribution >= 4 is 17.3 Å². The Hall–Kier alpha value is -2.08. The van der Waals surface area contributed by atoms with Crippen LogP contribution in [0, 0.1) is 6.92 Å². The molecule has 2 heterocycles. The number of aryl methyl sites for hydroxylation is 1. The second-order valence-corrected chi connectivity index (χ2v) is 5.46. The Morgan fingerprint density at radius 3 is 2.80 bits per heavy atom. The highest BCUT2D eigenvalue weighted by atomic mass is 32.1. The monoisotopic (exact) mass is 291 g/mol. The SMILES string of the molecule is COC(=O)c1nc(C)sc1-c1ccc2c(c1)OCCO2. The lowest BCUT2D eigenvalue weighted by Crippen LogP contribution is -2.15. The van der Waals surface area contributed by atoms with Crippen molar-refractivity contribution in [1.29, 1.82) is 0 Å². The lowest BCUT2D eigenvalue weighted by molar-refractivity contribution is 0.0595. The van der Waals surface area contributed by atoms with E-state index in [4.69, 9.17) is 14.2 Å². The maximum atomic E-state index is 11.8. The van der Waals surface area contributed by atoms with Gasteiger partial charge in [0.1, 0.15) is 13.2 Å². The Balaban J connectivity index is 2.07. The number of nitrogens with zero attached hydrogens (tertiary/aromatic N) is 1. The van der Waals surface area contributed by atoms with Crippen LogP contribution in [0.1, 0.15) is 15.5 Å². The summed E-state index contributed by atoms with van der Waals surface area (Å²) in [5.74, 6) is 0.982. The van der Waals surface area contributed by atoms with Crippen LogP contribution in [-0.2, 0) is 4.74 Å². The average molecular weight is 291 g/mol. The van der Waals surface area contributed by atoms with Crippen molar-refractivity contribution in [2.24, 2.45) is 0 Å². The number of methoxy groups -OCH3 is 1. The van der Waals surface area contributed by atoms with Crippen LogP contribution in [0.3, 0.4) is 0 Å². The van der Waals surface area contributed by atoms with Gasteiger partial charge in [0.05, 0.1) is 17.0 Å². The van der Waals surface area contributed by atoms with Crippen molar-refractivity contribution in [3.8, 4) is 21.9 Å². The molecule has 104 valence electrons. The first-order chi connectivity index (χ1) is 9.69. The minimum absolute atomic E-state index is 0.340. The van der Waals surface area contributed by atoms with E-state index in [0.717, 1.165) is 21.2 Å². The van der Waals surface area contributed by atoms with Gasteiger partial charge in [0.15, 0.2) is 17.2 Å². The zero-order valence-electron chi connectivity index (χ0n) is 11.1. The van der Waals surface area contributed by atoms with E-state index in [2.05, 4.69) is 4.98 Å². The van der Waals surface area contributed by atoms with Crippen LogP contribution < -0.4 is 9.47 Å². The second-order valence-electron chi connectivity index (χ2n) is 4.26. The van der Waals surface area contributed by atoms with Crippen molar-refractivity contribution in [2.45, 2.75) is 6.92 Å². The Kier molecular flexibility index (Phi) is 3.31. The van der Waals surface area contributed by atoms with Crippen LogP contribution in [0.5, 0.6) is 11.5 Å². The standard InChI is InChI=1S/C14H13NO4S/c1-8-15-12(14(16)17-2)13(20-8)9-3-4-10-11(7-9)19-6-5-18-10/h3-4,7H,5-6H2,1-2H3. The third-order valence-electron chi connectivity index (χ3n) is 2.92. The molecule has 1 aromatic heterocycles. The number of esters is 1. The maximum Gasteiger partial charge on any atom is 0.358 e. The van der Waals surface area contributed by atoms with Crippen molar-refractivity contribution in [3.05, 3.63) is 28.9 Å². The van der Waals surface area contributed by atoms with E-state index >= 15 is 0 Å². The number of aromatic nitrogens is 1. The molecule has 0 saturated carbocycles. The zero-order chi connectivity index (χ0) is 14.1. The summed E-state index contributed by atoms with van der Waals surface area (Å²) in [5, 5.41) is 0.815. The molecule has 3 rings (SSSR count). The molecular weight excluding hydrogens is 278 g/mol. The van der Waals surface area contributed by atoms with Gasteiger partial charge in [0, 0.05) is 0 Å². The van der Waals surface area contributed by atoms with Gasteiger partial charge in [-0.2, -0.15) is 0 Å². The fourth-order valence-electron chi connectivity index (χ4n) is 2.04. The number of benzene rings is 1. The summed E-state index contributed by atoms with van der Waals surface area (Å²) in [4.78, 5) is 16.8. The quantitative estimate of drug-likeness (QED) is 0.796. The lowest BCUT2D eigenvalue weighted by atomic mass is 10.1. The molecule has 1 aromatic carbocycles. The molecule has 0 aliphatic carbocycles. The van der Waals surface area contributed by atoms with E-state index in [9.17, 15) is 4.79 Å². The molecule has 0 N–H and O–H groups in total. The second kappa shape index (κ2) is 5.13. The highest BCUT2D eigenvalue weighted by Crippen LogP contribution is 2.37. The normalized spacial score (nSPS) is 13.1. The first-order valence-electron chi connectivity index (χ1n) is 6.15. The molecule has 1 aliphatic rings. The third kappa shape index (κ3) is 2.22. The van der Waals surface area contributed by atoms with E-state index in [0.29, 0.717) is 24.7 Å². The zero-order valence-corrected chi connectivity index (χ0v) is 12.0. The minimum atomic E-state index is -0.431. The van der Waals surface area contributed by atoms with E-state index in [1.165, 1.54) is 18.4 Å². The number of fused-ring (bicyclic) bond motifs is 1.